The molecule has 0 saturated carbocycles. The third-order valence-corrected chi connectivity index (χ3v) is 3.56. The van der Waals surface area contributed by atoms with Crippen LogP contribution in [0.2, 0.25) is 0 Å². The summed E-state index contributed by atoms with van der Waals surface area (Å²) in [6, 6.07) is 0. The van der Waals surface area contributed by atoms with Crippen molar-refractivity contribution in [3.63, 3.8) is 0 Å². The first-order chi connectivity index (χ1) is 7.77. The van der Waals surface area contributed by atoms with Crippen LogP contribution >= 0.6 is 0 Å². The summed E-state index contributed by atoms with van der Waals surface area (Å²) >= 11 is 0. The van der Waals surface area contributed by atoms with E-state index in [-0.39, 0.29) is 0 Å². The number of likely N-dealkylation sites (tertiary alicyclic amines) is 1. The standard InChI is InChI=1S/C13H26N2O/c1-2-12-8-10-15(11-12)13(16)7-5-3-4-6-9-14/h12H,2-11,14H2,1H3. The van der Waals surface area contributed by atoms with Gasteiger partial charge in [0.2, 0.25) is 5.91 Å². The zero-order valence-electron chi connectivity index (χ0n) is 10.6. The normalized spacial score (nSPS) is 20.4. The Hall–Kier alpha value is -0.570. The second kappa shape index (κ2) is 7.66. The monoisotopic (exact) mass is 226 g/mol. The van der Waals surface area contributed by atoms with Gasteiger partial charge in [0.1, 0.15) is 0 Å². The summed E-state index contributed by atoms with van der Waals surface area (Å²) in [6.07, 6.45) is 7.59. The van der Waals surface area contributed by atoms with Crippen molar-refractivity contribution in [2.45, 2.75) is 51.9 Å². The largest absolute Gasteiger partial charge is 0.342 e. The van der Waals surface area contributed by atoms with Gasteiger partial charge in [-0.05, 0) is 31.7 Å². The maximum absolute atomic E-state index is 11.8. The topological polar surface area (TPSA) is 46.3 Å². The number of amides is 1. The molecular weight excluding hydrogens is 200 g/mol. The summed E-state index contributed by atoms with van der Waals surface area (Å²) in [5.41, 5.74) is 5.43. The third kappa shape index (κ3) is 4.52. The van der Waals surface area contributed by atoms with E-state index in [1.807, 2.05) is 0 Å². The number of nitrogens with two attached hydrogens (primary N) is 1. The predicted octanol–water partition coefficient (Wildman–Crippen LogP) is 2.15. The summed E-state index contributed by atoms with van der Waals surface area (Å²) in [5.74, 6) is 1.12. The van der Waals surface area contributed by atoms with Gasteiger partial charge in [-0.3, -0.25) is 4.79 Å². The van der Waals surface area contributed by atoms with Crippen LogP contribution in [0, 0.1) is 5.92 Å². The van der Waals surface area contributed by atoms with Gasteiger partial charge in [-0.2, -0.15) is 0 Å². The Balaban J connectivity index is 2.06. The zero-order chi connectivity index (χ0) is 11.8. The van der Waals surface area contributed by atoms with Crippen LogP contribution in [0.5, 0.6) is 0 Å². The van der Waals surface area contributed by atoms with E-state index < -0.39 is 0 Å². The molecule has 1 heterocycles. The second-order valence-corrected chi connectivity index (χ2v) is 4.86. The molecule has 1 amide bonds. The minimum absolute atomic E-state index is 0.365. The van der Waals surface area contributed by atoms with Crippen LogP contribution < -0.4 is 5.73 Å². The number of carbonyl (C=O) groups excluding carboxylic acids is 1. The number of hydrogen-bond acceptors (Lipinski definition) is 2. The molecule has 94 valence electrons. The Morgan fingerprint density at radius 2 is 2.06 bits per heavy atom. The molecule has 0 aromatic heterocycles. The molecule has 1 aliphatic heterocycles. The van der Waals surface area contributed by atoms with Crippen LogP contribution in [0.3, 0.4) is 0 Å². The fourth-order valence-electron chi connectivity index (χ4n) is 2.32. The van der Waals surface area contributed by atoms with Crippen LogP contribution in [0.1, 0.15) is 51.9 Å². The summed E-state index contributed by atoms with van der Waals surface area (Å²) in [7, 11) is 0. The molecule has 0 aromatic rings. The maximum Gasteiger partial charge on any atom is 0.222 e. The molecule has 1 saturated heterocycles. The molecule has 2 N–H and O–H groups in total. The molecule has 16 heavy (non-hydrogen) atoms. The molecule has 1 rings (SSSR count). The van der Waals surface area contributed by atoms with Crippen LogP contribution in [0.25, 0.3) is 0 Å². The summed E-state index contributed by atoms with van der Waals surface area (Å²) in [4.78, 5) is 13.9. The second-order valence-electron chi connectivity index (χ2n) is 4.86. The highest BCUT2D eigenvalue weighted by atomic mass is 16.2. The van der Waals surface area contributed by atoms with Gasteiger partial charge < -0.3 is 10.6 Å². The molecule has 1 aliphatic rings. The van der Waals surface area contributed by atoms with E-state index in [4.69, 9.17) is 5.73 Å². The van der Waals surface area contributed by atoms with E-state index >= 15 is 0 Å². The van der Waals surface area contributed by atoms with Crippen molar-refractivity contribution in [1.82, 2.24) is 4.90 Å². The minimum atomic E-state index is 0.365. The van der Waals surface area contributed by atoms with Crippen molar-refractivity contribution in [3.8, 4) is 0 Å². The average Bonchev–Trinajstić information content (AvgIpc) is 2.77. The highest BCUT2D eigenvalue weighted by Crippen LogP contribution is 2.20. The van der Waals surface area contributed by atoms with Crippen molar-refractivity contribution >= 4 is 5.91 Å². The van der Waals surface area contributed by atoms with E-state index in [0.717, 1.165) is 51.2 Å². The van der Waals surface area contributed by atoms with Gasteiger partial charge in [-0.25, -0.2) is 0 Å². The van der Waals surface area contributed by atoms with Crippen molar-refractivity contribution in [1.29, 1.82) is 0 Å². The van der Waals surface area contributed by atoms with Gasteiger partial charge in [0.15, 0.2) is 0 Å². The molecule has 0 spiro atoms. The fourth-order valence-corrected chi connectivity index (χ4v) is 2.32. The zero-order valence-corrected chi connectivity index (χ0v) is 10.6. The van der Waals surface area contributed by atoms with Gasteiger partial charge in [-0.1, -0.05) is 26.2 Å². The van der Waals surface area contributed by atoms with Crippen molar-refractivity contribution in [2.24, 2.45) is 11.7 Å². The quantitative estimate of drug-likeness (QED) is 0.676. The Labute approximate surface area is 99.4 Å². The summed E-state index contributed by atoms with van der Waals surface area (Å²) in [6.45, 7) is 4.97. The lowest BCUT2D eigenvalue weighted by Gasteiger charge is -2.16. The van der Waals surface area contributed by atoms with Crippen LogP contribution in [0.15, 0.2) is 0 Å². The van der Waals surface area contributed by atoms with E-state index in [2.05, 4.69) is 11.8 Å². The predicted molar refractivity (Wildman–Crippen MR) is 67.1 cm³/mol. The third-order valence-electron chi connectivity index (χ3n) is 3.56. The lowest BCUT2D eigenvalue weighted by molar-refractivity contribution is -0.130. The molecular formula is C13H26N2O. The molecule has 1 unspecified atom stereocenters. The number of rotatable bonds is 7. The summed E-state index contributed by atoms with van der Waals surface area (Å²) in [5, 5.41) is 0. The van der Waals surface area contributed by atoms with E-state index in [1.54, 1.807) is 0 Å². The maximum atomic E-state index is 11.8. The SMILES string of the molecule is CCC1CCN(C(=O)CCCCCCN)C1. The van der Waals surface area contributed by atoms with Gasteiger partial charge in [-0.15, -0.1) is 0 Å². The lowest BCUT2D eigenvalue weighted by atomic mass is 10.1. The first-order valence-electron chi connectivity index (χ1n) is 6.75. The van der Waals surface area contributed by atoms with Crippen LogP contribution in [-0.4, -0.2) is 30.4 Å². The van der Waals surface area contributed by atoms with Crippen molar-refractivity contribution in [3.05, 3.63) is 0 Å². The highest BCUT2D eigenvalue weighted by molar-refractivity contribution is 5.76. The molecule has 0 aromatic carbocycles. The number of carbonyl (C=O) groups is 1. The molecule has 3 heteroatoms. The van der Waals surface area contributed by atoms with Gasteiger partial charge >= 0.3 is 0 Å². The first kappa shape index (κ1) is 13.5. The van der Waals surface area contributed by atoms with Crippen molar-refractivity contribution in [2.75, 3.05) is 19.6 Å². The summed E-state index contributed by atoms with van der Waals surface area (Å²) < 4.78 is 0. The minimum Gasteiger partial charge on any atom is -0.342 e. The Morgan fingerprint density at radius 3 is 2.69 bits per heavy atom. The van der Waals surface area contributed by atoms with Gasteiger partial charge in [0, 0.05) is 19.5 Å². The first-order valence-corrected chi connectivity index (χ1v) is 6.75. The van der Waals surface area contributed by atoms with Crippen LogP contribution in [0.4, 0.5) is 0 Å². The molecule has 0 aliphatic carbocycles. The molecule has 1 fully saturated rings. The van der Waals surface area contributed by atoms with Gasteiger partial charge in [0.05, 0.1) is 0 Å². The van der Waals surface area contributed by atoms with E-state index in [9.17, 15) is 4.79 Å². The van der Waals surface area contributed by atoms with Gasteiger partial charge in [0.25, 0.3) is 0 Å². The Morgan fingerprint density at radius 1 is 1.31 bits per heavy atom. The van der Waals surface area contributed by atoms with E-state index in [0.29, 0.717) is 5.91 Å². The molecule has 3 nitrogen and oxygen atoms in total. The Kier molecular flexibility index (Phi) is 6.46. The molecule has 0 radical (unpaired) electrons. The number of nitrogens with zero attached hydrogens (tertiary/aromatic N) is 1. The molecule has 0 bridgehead atoms. The Bertz CT molecular complexity index is 206. The lowest BCUT2D eigenvalue weighted by Crippen LogP contribution is -2.28. The average molecular weight is 226 g/mol. The molecule has 1 atom stereocenters. The number of unbranched alkanes of at least 4 members (excludes halogenated alkanes) is 3. The van der Waals surface area contributed by atoms with Crippen molar-refractivity contribution < 1.29 is 4.79 Å². The van der Waals surface area contributed by atoms with E-state index in [1.165, 1.54) is 19.3 Å². The highest BCUT2D eigenvalue weighted by Gasteiger charge is 2.24. The smallest absolute Gasteiger partial charge is 0.222 e. The number of hydrogen-bond donors (Lipinski definition) is 1. The fraction of sp³-hybridized carbons (Fsp3) is 0.923. The van der Waals surface area contributed by atoms with Crippen LogP contribution in [-0.2, 0) is 4.79 Å².